The summed E-state index contributed by atoms with van der Waals surface area (Å²) in [6.07, 6.45) is 2.84. The van der Waals surface area contributed by atoms with Gasteiger partial charge in [-0.2, -0.15) is 5.10 Å². The van der Waals surface area contributed by atoms with Crippen LogP contribution in [0.2, 0.25) is 5.02 Å². The van der Waals surface area contributed by atoms with Gasteiger partial charge in [-0.1, -0.05) is 51.1 Å². The van der Waals surface area contributed by atoms with Gasteiger partial charge in [-0.05, 0) is 11.5 Å². The van der Waals surface area contributed by atoms with Gasteiger partial charge in [0.1, 0.15) is 11.4 Å². The lowest BCUT2D eigenvalue weighted by atomic mass is 9.84. The van der Waals surface area contributed by atoms with Gasteiger partial charge < -0.3 is 15.3 Å². The first kappa shape index (κ1) is 22.7. The van der Waals surface area contributed by atoms with Crippen LogP contribution in [0.3, 0.4) is 0 Å². The minimum Gasteiger partial charge on any atom is -0.350 e. The molecule has 0 spiro atoms. The monoisotopic (exact) mass is 431 g/mol. The molecule has 0 amide bonds. The first-order valence-electron chi connectivity index (χ1n) is 10.1. The minimum atomic E-state index is -0.369. The minimum absolute atomic E-state index is 0.0258. The van der Waals surface area contributed by atoms with Gasteiger partial charge in [0, 0.05) is 30.3 Å². The molecule has 0 radical (unpaired) electrons. The van der Waals surface area contributed by atoms with Crippen LogP contribution in [0, 0.1) is 22.7 Å². The molecule has 2 fully saturated rings. The van der Waals surface area contributed by atoms with Crippen molar-refractivity contribution in [3.05, 3.63) is 28.5 Å². The maximum absolute atomic E-state index is 6.39. The second kappa shape index (κ2) is 9.44. The quantitative estimate of drug-likeness (QED) is 0.335. The van der Waals surface area contributed by atoms with Crippen LogP contribution in [-0.4, -0.2) is 67.5 Å². The summed E-state index contributed by atoms with van der Waals surface area (Å²) in [6.45, 7) is 13.2. The van der Waals surface area contributed by atoms with E-state index in [0.29, 0.717) is 41.6 Å². The Kier molecular flexibility index (Phi) is 7.14. The van der Waals surface area contributed by atoms with Crippen molar-refractivity contribution in [3.63, 3.8) is 0 Å². The fourth-order valence-electron chi connectivity index (χ4n) is 3.44. The summed E-state index contributed by atoms with van der Waals surface area (Å²) in [7, 11) is 0. The Labute approximate surface area is 183 Å². The van der Waals surface area contributed by atoms with E-state index in [1.807, 2.05) is 0 Å². The molecular formula is C22H30ClN5O2. The summed E-state index contributed by atoms with van der Waals surface area (Å²) < 4.78 is 11.3. The molecule has 0 aromatic carbocycles. The molecule has 0 atom stereocenters. The molecule has 0 aliphatic carbocycles. The van der Waals surface area contributed by atoms with Gasteiger partial charge in [0.05, 0.1) is 37.5 Å². The van der Waals surface area contributed by atoms with Crippen molar-refractivity contribution in [2.75, 3.05) is 39.4 Å². The van der Waals surface area contributed by atoms with Crippen molar-refractivity contribution in [3.8, 4) is 11.8 Å². The molecule has 3 rings (SSSR count). The Hall–Kier alpha value is -1.98. The van der Waals surface area contributed by atoms with Gasteiger partial charge in [-0.25, -0.2) is 0 Å². The van der Waals surface area contributed by atoms with E-state index in [1.165, 1.54) is 6.21 Å². The van der Waals surface area contributed by atoms with Crippen LogP contribution in [0.5, 0.6) is 0 Å². The molecule has 1 aromatic rings. The highest BCUT2D eigenvalue weighted by molar-refractivity contribution is 6.43. The highest BCUT2D eigenvalue weighted by Gasteiger charge is 2.33. The molecule has 162 valence electrons. The number of nitrogens with zero attached hydrogens (tertiary/aromatic N) is 4. The van der Waals surface area contributed by atoms with Crippen LogP contribution in [0.4, 0.5) is 0 Å². The lowest BCUT2D eigenvalue weighted by molar-refractivity contribution is -0.215. The van der Waals surface area contributed by atoms with E-state index < -0.39 is 0 Å². The van der Waals surface area contributed by atoms with Gasteiger partial charge >= 0.3 is 0 Å². The average Bonchev–Trinajstić information content (AvgIpc) is 2.66. The number of likely N-dealkylation sites (tertiary alicyclic amines) is 1. The van der Waals surface area contributed by atoms with Crippen LogP contribution < -0.4 is 5.84 Å². The maximum atomic E-state index is 6.39. The number of hydrogen-bond donors (Lipinski definition) is 1. The van der Waals surface area contributed by atoms with Crippen LogP contribution in [-0.2, 0) is 9.47 Å². The van der Waals surface area contributed by atoms with E-state index in [0.717, 1.165) is 25.2 Å². The Balaban J connectivity index is 1.55. The fourth-order valence-corrected chi connectivity index (χ4v) is 3.70. The highest BCUT2D eigenvalue weighted by atomic mass is 35.5. The summed E-state index contributed by atoms with van der Waals surface area (Å²) in [5, 5.41) is 4.19. The van der Waals surface area contributed by atoms with E-state index >= 15 is 0 Å². The van der Waals surface area contributed by atoms with Gasteiger partial charge in [-0.3, -0.25) is 14.9 Å². The largest absolute Gasteiger partial charge is 0.350 e. The van der Waals surface area contributed by atoms with Gasteiger partial charge in [0.2, 0.25) is 0 Å². The van der Waals surface area contributed by atoms with Crippen molar-refractivity contribution in [2.24, 2.45) is 26.8 Å². The van der Waals surface area contributed by atoms with Gasteiger partial charge in [-0.15, -0.1) is 0 Å². The number of nitrogens with two attached hydrogens (primary N) is 1. The van der Waals surface area contributed by atoms with Crippen LogP contribution in [0.1, 0.15) is 39.0 Å². The Morgan fingerprint density at radius 2 is 2.00 bits per heavy atom. The van der Waals surface area contributed by atoms with Crippen molar-refractivity contribution < 1.29 is 9.47 Å². The number of ether oxygens (including phenoxy) is 2. The van der Waals surface area contributed by atoms with Crippen molar-refractivity contribution in [1.82, 2.24) is 9.88 Å². The molecule has 3 heterocycles. The molecule has 2 saturated heterocycles. The van der Waals surface area contributed by atoms with Crippen LogP contribution in [0.15, 0.2) is 22.4 Å². The molecule has 2 N–H and O–H groups in total. The molecule has 0 saturated carbocycles. The summed E-state index contributed by atoms with van der Waals surface area (Å²) in [4.78, 5) is 11.0. The fraction of sp³-hybridized carbons (Fsp3) is 0.591. The third kappa shape index (κ3) is 6.26. The predicted molar refractivity (Wildman–Crippen MR) is 120 cm³/mol. The number of rotatable bonds is 5. The van der Waals surface area contributed by atoms with Crippen LogP contribution >= 0.6 is 11.6 Å². The zero-order valence-electron chi connectivity index (χ0n) is 18.1. The summed E-state index contributed by atoms with van der Waals surface area (Å²) in [6, 6.07) is 1.77. The molecule has 2 aliphatic heterocycles. The number of pyridine rings is 1. The summed E-state index contributed by atoms with van der Waals surface area (Å²) in [5.41, 5.74) is 2.03. The lowest BCUT2D eigenvalue weighted by Crippen LogP contribution is -2.52. The Bertz CT molecular complexity index is 867. The third-order valence-corrected chi connectivity index (χ3v) is 5.14. The van der Waals surface area contributed by atoms with E-state index in [9.17, 15) is 0 Å². The second-order valence-electron chi connectivity index (χ2n) is 9.39. The number of aliphatic imine (C=N–C) groups is 1. The van der Waals surface area contributed by atoms with E-state index in [4.69, 9.17) is 26.9 Å². The smallest absolute Gasteiger partial charge is 0.176 e. The second-order valence-corrected chi connectivity index (χ2v) is 9.80. The SMILES string of the molecule is CC1(C)COC(CN=C/C(=N\N)c2ncc(C#CCN3CC(C)(C)C3)cc2Cl)OC1. The summed E-state index contributed by atoms with van der Waals surface area (Å²) >= 11 is 6.39. The number of halogens is 1. The predicted octanol–water partition coefficient (Wildman–Crippen LogP) is 2.56. The zero-order chi connectivity index (χ0) is 21.8. The number of hydrogen-bond acceptors (Lipinski definition) is 7. The highest BCUT2D eigenvalue weighted by Crippen LogP contribution is 2.27. The van der Waals surface area contributed by atoms with Crippen molar-refractivity contribution >= 4 is 23.5 Å². The molecule has 30 heavy (non-hydrogen) atoms. The van der Waals surface area contributed by atoms with E-state index in [1.54, 1.807) is 12.3 Å². The molecule has 8 heteroatoms. The maximum Gasteiger partial charge on any atom is 0.176 e. The van der Waals surface area contributed by atoms with Crippen molar-refractivity contribution in [2.45, 2.75) is 34.0 Å². The van der Waals surface area contributed by atoms with Gasteiger partial charge in [0.15, 0.2) is 6.29 Å². The normalized spacial score (nSPS) is 21.8. The molecule has 7 nitrogen and oxygen atoms in total. The standard InChI is InChI=1S/C22H30ClN5O2/c1-21(2)12-28(13-21)7-5-6-16-8-17(23)20(26-9-16)18(27-24)10-25-11-19-29-14-22(3,4)15-30-19/h8-10,19H,7,11-15,24H2,1-4H3/b25-10?,27-18+. The molecule has 2 aliphatic rings. The molecular weight excluding hydrogens is 402 g/mol. The number of aromatic nitrogens is 1. The first-order valence-corrected chi connectivity index (χ1v) is 10.4. The lowest BCUT2D eigenvalue weighted by Gasteiger charge is -2.44. The Morgan fingerprint density at radius 3 is 2.60 bits per heavy atom. The number of hydrazone groups is 1. The average molecular weight is 432 g/mol. The van der Waals surface area contributed by atoms with Gasteiger partial charge in [0.25, 0.3) is 0 Å². The molecule has 0 bridgehead atoms. The van der Waals surface area contributed by atoms with E-state index in [2.05, 4.69) is 59.5 Å². The summed E-state index contributed by atoms with van der Waals surface area (Å²) in [5.74, 6) is 11.8. The van der Waals surface area contributed by atoms with Crippen molar-refractivity contribution in [1.29, 1.82) is 0 Å². The van der Waals surface area contributed by atoms with Crippen LogP contribution in [0.25, 0.3) is 0 Å². The molecule has 1 aromatic heterocycles. The topological polar surface area (TPSA) is 85.3 Å². The zero-order valence-corrected chi connectivity index (χ0v) is 18.9. The molecule has 0 unspecified atom stereocenters. The Morgan fingerprint density at radius 1 is 1.30 bits per heavy atom. The third-order valence-electron chi connectivity index (χ3n) is 4.85. The first-order chi connectivity index (χ1) is 14.2. The van der Waals surface area contributed by atoms with E-state index in [-0.39, 0.29) is 11.7 Å².